The summed E-state index contributed by atoms with van der Waals surface area (Å²) in [5, 5.41) is 13.6. The van der Waals surface area contributed by atoms with Crippen LogP contribution < -0.4 is 10.1 Å². The van der Waals surface area contributed by atoms with Crippen LogP contribution in [0.1, 0.15) is 6.92 Å². The summed E-state index contributed by atoms with van der Waals surface area (Å²) in [7, 11) is 0. The molecule has 2 aromatic carbocycles. The van der Waals surface area contributed by atoms with Crippen molar-refractivity contribution in [3.63, 3.8) is 0 Å². The van der Waals surface area contributed by atoms with Crippen LogP contribution in [0.4, 0.5) is 11.4 Å². The number of nitrogens with zero attached hydrogens (tertiary/aromatic N) is 1. The van der Waals surface area contributed by atoms with Crippen LogP contribution in [-0.2, 0) is 4.79 Å². The highest BCUT2D eigenvalue weighted by Gasteiger charge is 2.19. The van der Waals surface area contributed by atoms with E-state index in [1.165, 1.54) is 19.1 Å². The molecule has 1 amide bonds. The summed E-state index contributed by atoms with van der Waals surface area (Å²) in [5.74, 6) is 0.218. The second-order valence-electron chi connectivity index (χ2n) is 4.15. The van der Waals surface area contributed by atoms with E-state index < -0.39 is 10.8 Å². The maximum atomic E-state index is 11.1. The molecule has 21 heavy (non-hydrogen) atoms. The minimum Gasteiger partial charge on any atom is -0.456 e. The second-order valence-corrected chi connectivity index (χ2v) is 4.56. The zero-order chi connectivity index (χ0) is 15.4. The summed E-state index contributed by atoms with van der Waals surface area (Å²) in [5.41, 5.74) is -0.265. The number of nitrogens with one attached hydrogen (secondary N) is 1. The number of hydrogen-bond acceptors (Lipinski definition) is 4. The highest BCUT2D eigenvalue weighted by Crippen LogP contribution is 2.38. The van der Waals surface area contributed by atoms with Crippen LogP contribution in [0.15, 0.2) is 42.5 Å². The van der Waals surface area contributed by atoms with E-state index in [9.17, 15) is 14.9 Å². The standard InChI is InChI=1S/C14H11ClN2O4/c1-9(18)16-12-7-11(15)14(8-13(12)17(19)20)21-10-5-3-2-4-6-10/h2-8H,1H3,(H,16,18). The van der Waals surface area contributed by atoms with Gasteiger partial charge >= 0.3 is 0 Å². The van der Waals surface area contributed by atoms with Gasteiger partial charge < -0.3 is 10.1 Å². The number of hydrogen-bond donors (Lipinski definition) is 1. The Kier molecular flexibility index (Phi) is 4.39. The van der Waals surface area contributed by atoms with Crippen LogP contribution in [0.2, 0.25) is 5.02 Å². The topological polar surface area (TPSA) is 81.5 Å². The first-order valence-corrected chi connectivity index (χ1v) is 6.33. The number of rotatable bonds is 4. The van der Waals surface area contributed by atoms with Crippen molar-refractivity contribution in [2.24, 2.45) is 0 Å². The lowest BCUT2D eigenvalue weighted by Crippen LogP contribution is -2.08. The molecule has 0 spiro atoms. The van der Waals surface area contributed by atoms with Crippen LogP contribution in [0.5, 0.6) is 11.5 Å². The van der Waals surface area contributed by atoms with Gasteiger partial charge in [-0.1, -0.05) is 29.8 Å². The maximum Gasteiger partial charge on any atom is 0.296 e. The summed E-state index contributed by atoms with van der Waals surface area (Å²) >= 11 is 6.04. The van der Waals surface area contributed by atoms with Gasteiger partial charge in [0, 0.05) is 6.92 Å². The number of para-hydroxylation sites is 1. The lowest BCUT2D eigenvalue weighted by Gasteiger charge is -2.10. The minimum absolute atomic E-state index is 0.0258. The van der Waals surface area contributed by atoms with Crippen molar-refractivity contribution >= 4 is 28.9 Å². The third-order valence-electron chi connectivity index (χ3n) is 2.53. The van der Waals surface area contributed by atoms with Crippen molar-refractivity contribution in [2.75, 3.05) is 5.32 Å². The Morgan fingerprint density at radius 2 is 1.95 bits per heavy atom. The molecule has 0 fully saturated rings. The fourth-order valence-electron chi connectivity index (χ4n) is 1.68. The number of amides is 1. The predicted molar refractivity (Wildman–Crippen MR) is 78.9 cm³/mol. The third-order valence-corrected chi connectivity index (χ3v) is 2.82. The number of anilines is 1. The largest absolute Gasteiger partial charge is 0.456 e. The van der Waals surface area contributed by atoms with E-state index in [4.69, 9.17) is 16.3 Å². The molecule has 0 atom stereocenters. The van der Waals surface area contributed by atoms with Crippen LogP contribution in [0.3, 0.4) is 0 Å². The van der Waals surface area contributed by atoms with Crippen LogP contribution in [-0.4, -0.2) is 10.8 Å². The molecule has 0 saturated heterocycles. The number of benzene rings is 2. The van der Waals surface area contributed by atoms with Crippen molar-refractivity contribution in [3.8, 4) is 11.5 Å². The summed E-state index contributed by atoms with van der Waals surface area (Å²) in [6.07, 6.45) is 0. The number of carbonyl (C=O) groups is 1. The van der Waals surface area contributed by atoms with Gasteiger partial charge in [-0.3, -0.25) is 14.9 Å². The summed E-state index contributed by atoms with van der Waals surface area (Å²) < 4.78 is 5.51. The van der Waals surface area contributed by atoms with Crippen molar-refractivity contribution in [2.45, 2.75) is 6.92 Å². The molecule has 0 unspecified atom stereocenters. The molecule has 0 aliphatic rings. The lowest BCUT2D eigenvalue weighted by atomic mass is 10.2. The molecule has 1 N–H and O–H groups in total. The van der Waals surface area contributed by atoms with Crippen molar-refractivity contribution < 1.29 is 14.5 Å². The van der Waals surface area contributed by atoms with Crippen molar-refractivity contribution in [3.05, 3.63) is 57.6 Å². The average molecular weight is 307 g/mol. The molecule has 0 heterocycles. The fourth-order valence-corrected chi connectivity index (χ4v) is 1.88. The molecule has 2 rings (SSSR count). The zero-order valence-electron chi connectivity index (χ0n) is 11.0. The molecule has 0 saturated carbocycles. The zero-order valence-corrected chi connectivity index (χ0v) is 11.8. The second kappa shape index (κ2) is 6.23. The molecule has 0 aliphatic carbocycles. The molecule has 7 heteroatoms. The Hall–Kier alpha value is -2.60. The minimum atomic E-state index is -0.612. The molecule has 0 bridgehead atoms. The van der Waals surface area contributed by atoms with Crippen molar-refractivity contribution in [1.82, 2.24) is 0 Å². The van der Waals surface area contributed by atoms with E-state index >= 15 is 0 Å². The number of ether oxygens (including phenoxy) is 1. The quantitative estimate of drug-likeness (QED) is 0.683. The molecule has 0 aliphatic heterocycles. The molecule has 0 aromatic heterocycles. The van der Waals surface area contributed by atoms with Crippen molar-refractivity contribution in [1.29, 1.82) is 0 Å². The number of halogens is 1. The van der Waals surface area contributed by atoms with Gasteiger partial charge in [0.25, 0.3) is 5.69 Å². The molecular formula is C14H11ClN2O4. The SMILES string of the molecule is CC(=O)Nc1cc(Cl)c(Oc2ccccc2)cc1[N+](=O)[O-]. The Morgan fingerprint density at radius 3 is 2.52 bits per heavy atom. The molecular weight excluding hydrogens is 296 g/mol. The van der Waals surface area contributed by atoms with E-state index in [0.29, 0.717) is 5.75 Å². The summed E-state index contributed by atoms with van der Waals surface area (Å²) in [6, 6.07) is 11.2. The summed E-state index contributed by atoms with van der Waals surface area (Å²) in [4.78, 5) is 21.5. The van der Waals surface area contributed by atoms with Gasteiger partial charge in [0.05, 0.1) is 16.0 Å². The first-order valence-electron chi connectivity index (χ1n) is 5.96. The van der Waals surface area contributed by atoms with Crippen LogP contribution in [0, 0.1) is 10.1 Å². The Morgan fingerprint density at radius 1 is 1.29 bits per heavy atom. The van der Waals surface area contributed by atoms with Gasteiger partial charge in [-0.05, 0) is 18.2 Å². The van der Waals surface area contributed by atoms with E-state index in [2.05, 4.69) is 5.32 Å². The van der Waals surface area contributed by atoms with Crippen LogP contribution >= 0.6 is 11.6 Å². The van der Waals surface area contributed by atoms with Gasteiger partial charge in [0.1, 0.15) is 11.4 Å². The van der Waals surface area contributed by atoms with Gasteiger partial charge in [0.2, 0.25) is 5.91 Å². The van der Waals surface area contributed by atoms with Gasteiger partial charge in [-0.2, -0.15) is 0 Å². The normalized spacial score (nSPS) is 10.0. The van der Waals surface area contributed by atoms with E-state index in [0.717, 1.165) is 0 Å². The molecule has 6 nitrogen and oxygen atoms in total. The predicted octanol–water partition coefficient (Wildman–Crippen LogP) is 4.00. The highest BCUT2D eigenvalue weighted by atomic mass is 35.5. The maximum absolute atomic E-state index is 11.1. The van der Waals surface area contributed by atoms with E-state index in [-0.39, 0.29) is 22.1 Å². The van der Waals surface area contributed by atoms with Gasteiger partial charge in [0.15, 0.2) is 5.75 Å². The number of carbonyl (C=O) groups excluding carboxylic acids is 1. The Balaban J connectivity index is 2.41. The van der Waals surface area contributed by atoms with E-state index in [1.54, 1.807) is 24.3 Å². The van der Waals surface area contributed by atoms with Gasteiger partial charge in [-0.25, -0.2) is 0 Å². The first kappa shape index (κ1) is 14.8. The Bertz CT molecular complexity index is 689. The van der Waals surface area contributed by atoms with Gasteiger partial charge in [-0.15, -0.1) is 0 Å². The smallest absolute Gasteiger partial charge is 0.296 e. The molecule has 108 valence electrons. The Labute approximate surface area is 125 Å². The lowest BCUT2D eigenvalue weighted by molar-refractivity contribution is -0.384. The average Bonchev–Trinajstić information content (AvgIpc) is 2.42. The van der Waals surface area contributed by atoms with E-state index in [1.807, 2.05) is 6.07 Å². The fraction of sp³-hybridized carbons (Fsp3) is 0.0714. The number of nitro benzene ring substituents is 1. The molecule has 2 aromatic rings. The first-order chi connectivity index (χ1) is 9.97. The van der Waals surface area contributed by atoms with Crippen LogP contribution in [0.25, 0.3) is 0 Å². The molecule has 0 radical (unpaired) electrons. The summed E-state index contributed by atoms with van der Waals surface area (Å²) in [6.45, 7) is 1.26. The highest BCUT2D eigenvalue weighted by molar-refractivity contribution is 6.32. The number of nitro groups is 1. The monoisotopic (exact) mass is 306 g/mol. The third kappa shape index (κ3) is 3.70.